The van der Waals surface area contributed by atoms with E-state index in [1.807, 2.05) is 44.5 Å². The van der Waals surface area contributed by atoms with E-state index in [4.69, 9.17) is 17.4 Å². The second-order valence-corrected chi connectivity index (χ2v) is 2.67. The maximum atomic E-state index is 4.94. The molecule has 0 fully saturated rings. The second kappa shape index (κ2) is 17.2. The molecule has 0 radical (unpaired) electrons. The molecule has 0 amide bonds. The van der Waals surface area contributed by atoms with Gasteiger partial charge in [0.05, 0.1) is 12.9 Å². The second-order valence-electron chi connectivity index (χ2n) is 2.23. The minimum Gasteiger partial charge on any atom is -1.00 e. The summed E-state index contributed by atoms with van der Waals surface area (Å²) < 4.78 is 4.94. The summed E-state index contributed by atoms with van der Waals surface area (Å²) in [6.07, 6.45) is 2.00. The molecule has 15 heavy (non-hydrogen) atoms. The Morgan fingerprint density at radius 2 is 1.60 bits per heavy atom. The summed E-state index contributed by atoms with van der Waals surface area (Å²) >= 11 is 4.93. The van der Waals surface area contributed by atoms with Gasteiger partial charge in [-0.15, -0.1) is 4.90 Å². The van der Waals surface area contributed by atoms with E-state index >= 15 is 0 Å². The zero-order valence-corrected chi connectivity index (χ0v) is 13.0. The first kappa shape index (κ1) is 24.9. The molecule has 0 unspecified atom stereocenters. The van der Waals surface area contributed by atoms with Crippen LogP contribution in [-0.2, 0) is 29.7 Å². The van der Waals surface area contributed by atoms with Crippen molar-refractivity contribution in [1.82, 2.24) is 0 Å². The summed E-state index contributed by atoms with van der Waals surface area (Å²) in [7, 11) is 1.62. The van der Waals surface area contributed by atoms with Gasteiger partial charge < -0.3 is 36.2 Å². The Kier molecular flexibility index (Phi) is 28.5. The van der Waals surface area contributed by atoms with Gasteiger partial charge in [0.25, 0.3) is 0 Å². The molecule has 1 rings (SSSR count). The summed E-state index contributed by atoms with van der Waals surface area (Å²) in [6.45, 7) is 4.00. The first-order valence-electron chi connectivity index (χ1n) is 3.80. The minimum absolute atomic E-state index is 0. The van der Waals surface area contributed by atoms with Crippen molar-refractivity contribution in [1.29, 1.82) is 0 Å². The van der Waals surface area contributed by atoms with Gasteiger partial charge in [0, 0.05) is 0 Å². The van der Waals surface area contributed by atoms with Crippen LogP contribution in [0.2, 0.25) is 0 Å². The van der Waals surface area contributed by atoms with Crippen molar-refractivity contribution in [3.8, 4) is 5.75 Å². The Morgan fingerprint density at radius 3 is 1.87 bits per heavy atom. The van der Waals surface area contributed by atoms with E-state index in [2.05, 4.69) is 0 Å². The van der Waals surface area contributed by atoms with Crippen LogP contribution in [0.25, 0.3) is 0 Å². The summed E-state index contributed by atoms with van der Waals surface area (Å²) in [5.41, 5.74) is 0. The fourth-order valence-electron chi connectivity index (χ4n) is 0.619. The zero-order valence-electron chi connectivity index (χ0n) is 9.09. The molecule has 0 aliphatic carbocycles. The van der Waals surface area contributed by atoms with Crippen molar-refractivity contribution in [2.45, 2.75) is 18.7 Å². The molecule has 0 aliphatic heterocycles. The van der Waals surface area contributed by atoms with Crippen molar-refractivity contribution in [2.75, 3.05) is 7.11 Å². The molecule has 0 heterocycles. The first-order chi connectivity index (χ1) is 5.76. The molecule has 0 saturated carbocycles. The van der Waals surface area contributed by atoms with E-state index in [0.717, 1.165) is 10.6 Å². The Morgan fingerprint density at radius 1 is 1.20 bits per heavy atom. The van der Waals surface area contributed by atoms with Crippen LogP contribution in [0, 0.1) is 6.42 Å². The quantitative estimate of drug-likeness (QED) is 0.391. The van der Waals surface area contributed by atoms with Gasteiger partial charge in [-0.05, 0) is 6.07 Å². The number of benzene rings is 1. The van der Waals surface area contributed by atoms with Gasteiger partial charge in [-0.1, -0.05) is 18.2 Å². The predicted octanol–water partition coefficient (Wildman–Crippen LogP) is -0.548. The van der Waals surface area contributed by atoms with Crippen LogP contribution < -0.4 is 17.1 Å². The first-order valence-corrected chi connectivity index (χ1v) is 4.21. The van der Waals surface area contributed by atoms with Crippen LogP contribution in [-0.4, -0.2) is 30.2 Å². The molecule has 0 saturated heterocycles. The molecule has 86 valence electrons. The number of halogens is 1. The van der Waals surface area contributed by atoms with Gasteiger partial charge in [-0.3, -0.25) is 0 Å². The van der Waals surface area contributed by atoms with E-state index < -0.39 is 0 Å². The summed E-state index contributed by atoms with van der Waals surface area (Å²) in [4.78, 5) is 0.764. The van der Waals surface area contributed by atoms with E-state index in [9.17, 15) is 0 Å². The average Bonchev–Trinajstić information content (AvgIpc) is 2.07. The van der Waals surface area contributed by atoms with E-state index in [0.29, 0.717) is 0 Å². The molecule has 0 aliphatic rings. The van der Waals surface area contributed by atoms with Gasteiger partial charge in [0.15, 0.2) is 0 Å². The van der Waals surface area contributed by atoms with Crippen LogP contribution in [0.5, 0.6) is 5.75 Å². The van der Waals surface area contributed by atoms with E-state index in [1.54, 1.807) is 7.11 Å². The van der Waals surface area contributed by atoms with Crippen molar-refractivity contribution < 1.29 is 34.2 Å². The Bertz CT molecular complexity index is 226. The zero-order chi connectivity index (χ0) is 9.40. The molecule has 1 nitrogen and oxygen atoms in total. The van der Waals surface area contributed by atoms with Crippen LogP contribution in [0.15, 0.2) is 29.2 Å². The molecule has 1 aromatic carbocycles. The number of para-hydroxylation sites is 1. The minimum atomic E-state index is 0. The Labute approximate surface area is 131 Å². The smallest absolute Gasteiger partial charge is 1.00 e. The summed E-state index contributed by atoms with van der Waals surface area (Å²) in [5.74, 6) is 0.771. The standard InChI is InChI=1S/C7H8OS.C3H7.ClH.Cu.Mg/c1-8-6-4-2-3-5-7(6)9;1-3-2;;;/h2-5,9H,1H3;3H,1-2H3;1H;;/q;-1;;+1;+2/p-2. The number of methoxy groups -OCH3 is 1. The van der Waals surface area contributed by atoms with E-state index in [-0.39, 0.29) is 52.5 Å². The van der Waals surface area contributed by atoms with Crippen LogP contribution in [0.1, 0.15) is 13.8 Å². The SMILES string of the molecule is COc1ccccc1[S-].C[CH-]C.[Cl-].[Cu+].[Mg+2]. The van der Waals surface area contributed by atoms with Crippen molar-refractivity contribution in [3.63, 3.8) is 0 Å². The number of rotatable bonds is 1. The van der Waals surface area contributed by atoms with Crippen molar-refractivity contribution in [3.05, 3.63) is 30.7 Å². The van der Waals surface area contributed by atoms with Crippen molar-refractivity contribution in [2.24, 2.45) is 0 Å². The number of ether oxygens (including phenoxy) is 1. The van der Waals surface area contributed by atoms with Crippen molar-refractivity contribution >= 4 is 35.7 Å². The third-order valence-corrected chi connectivity index (χ3v) is 1.41. The number of hydrogen-bond donors (Lipinski definition) is 0. The summed E-state index contributed by atoms with van der Waals surface area (Å²) in [6, 6.07) is 7.48. The Balaban J connectivity index is -0.0000000917. The monoisotopic (exact) mass is 304 g/mol. The topological polar surface area (TPSA) is 9.23 Å². The molecule has 1 aromatic rings. The van der Waals surface area contributed by atoms with Crippen LogP contribution >= 0.6 is 0 Å². The van der Waals surface area contributed by atoms with Gasteiger partial charge in [-0.25, -0.2) is 0 Å². The van der Waals surface area contributed by atoms with Gasteiger partial charge >= 0.3 is 40.1 Å². The number of hydrogen-bond acceptors (Lipinski definition) is 2. The summed E-state index contributed by atoms with van der Waals surface area (Å²) in [5, 5.41) is 0. The molecule has 0 bridgehead atoms. The maximum Gasteiger partial charge on any atom is 2.00 e. The maximum absolute atomic E-state index is 4.94. The molecule has 0 atom stereocenters. The molecular weight excluding hydrogens is 291 g/mol. The fourth-order valence-corrected chi connectivity index (χ4v) is 0.849. The molecule has 0 aromatic heterocycles. The Hall–Kier alpha value is 0.816. The normalized spacial score (nSPS) is 6.60. The van der Waals surface area contributed by atoms with Crippen LogP contribution in [0.3, 0.4) is 0 Å². The van der Waals surface area contributed by atoms with Crippen LogP contribution in [0.4, 0.5) is 0 Å². The largest absolute Gasteiger partial charge is 2.00 e. The molecule has 5 heteroatoms. The van der Waals surface area contributed by atoms with Gasteiger partial charge in [0.2, 0.25) is 0 Å². The van der Waals surface area contributed by atoms with Gasteiger partial charge in [0.1, 0.15) is 0 Å². The molecule has 0 spiro atoms. The third-order valence-electron chi connectivity index (χ3n) is 1.07. The average molecular weight is 306 g/mol. The van der Waals surface area contributed by atoms with Gasteiger partial charge in [-0.2, -0.15) is 13.8 Å². The third kappa shape index (κ3) is 12.7. The van der Waals surface area contributed by atoms with E-state index in [1.165, 1.54) is 0 Å². The fraction of sp³-hybridized carbons (Fsp3) is 0.300. The molecular formula is C10H14ClCuMgOS. The predicted molar refractivity (Wildman–Crippen MR) is 60.0 cm³/mol. The molecule has 0 N–H and O–H groups in total.